The molecule has 1 atom stereocenters. The molecule has 0 spiro atoms. The molecule has 1 aliphatic heterocycles. The Labute approximate surface area is 95.8 Å². The Bertz CT molecular complexity index is 283. The van der Waals surface area contributed by atoms with Crippen LogP contribution < -0.4 is 5.32 Å². The van der Waals surface area contributed by atoms with Crippen LogP contribution in [0.2, 0.25) is 0 Å². The molecule has 5 nitrogen and oxygen atoms in total. The molecule has 0 bridgehead atoms. The molecule has 0 radical (unpaired) electrons. The van der Waals surface area contributed by atoms with Crippen LogP contribution in [-0.2, 0) is 9.59 Å². The number of carboxylic acids is 1. The van der Waals surface area contributed by atoms with E-state index in [1.54, 1.807) is 0 Å². The van der Waals surface area contributed by atoms with E-state index in [0.717, 1.165) is 13.0 Å². The van der Waals surface area contributed by atoms with E-state index in [-0.39, 0.29) is 23.9 Å². The van der Waals surface area contributed by atoms with Gasteiger partial charge in [0.1, 0.15) is 0 Å². The maximum Gasteiger partial charge on any atom is 0.317 e. The van der Waals surface area contributed by atoms with Gasteiger partial charge in [0.2, 0.25) is 5.91 Å². The lowest BCUT2D eigenvalue weighted by Gasteiger charge is -2.21. The van der Waals surface area contributed by atoms with E-state index in [4.69, 9.17) is 5.11 Å². The fourth-order valence-electron chi connectivity index (χ4n) is 1.69. The highest BCUT2D eigenvalue weighted by Gasteiger charge is 2.28. The summed E-state index contributed by atoms with van der Waals surface area (Å²) in [4.78, 5) is 24.1. The van der Waals surface area contributed by atoms with E-state index in [9.17, 15) is 9.59 Å². The van der Waals surface area contributed by atoms with E-state index in [1.165, 1.54) is 0 Å². The Morgan fingerprint density at radius 3 is 2.56 bits per heavy atom. The molecule has 0 saturated carbocycles. The minimum Gasteiger partial charge on any atom is -0.480 e. The molecule has 92 valence electrons. The molecule has 1 unspecified atom stereocenters. The second-order valence-corrected chi connectivity index (χ2v) is 5.34. The lowest BCUT2D eigenvalue weighted by molar-refractivity contribution is -0.138. The molecule has 0 aromatic heterocycles. The second-order valence-electron chi connectivity index (χ2n) is 5.34. The van der Waals surface area contributed by atoms with Crippen molar-refractivity contribution < 1.29 is 14.7 Å². The van der Waals surface area contributed by atoms with Crippen molar-refractivity contribution in [1.29, 1.82) is 0 Å². The maximum absolute atomic E-state index is 11.7. The zero-order valence-corrected chi connectivity index (χ0v) is 10.1. The van der Waals surface area contributed by atoms with Gasteiger partial charge in [0.25, 0.3) is 0 Å². The van der Waals surface area contributed by atoms with Crippen molar-refractivity contribution in [3.63, 3.8) is 0 Å². The zero-order chi connectivity index (χ0) is 12.3. The van der Waals surface area contributed by atoms with Gasteiger partial charge in [0.15, 0.2) is 0 Å². The number of carbonyl (C=O) groups excluding carboxylic acids is 1. The SMILES string of the molecule is CC(C)(C)C(=O)NC1CCN(CC(=O)O)C1. The maximum atomic E-state index is 11.7. The molecule has 1 amide bonds. The average Bonchev–Trinajstić information content (AvgIpc) is 2.49. The van der Waals surface area contributed by atoms with Crippen molar-refractivity contribution in [2.45, 2.75) is 33.2 Å². The highest BCUT2D eigenvalue weighted by molar-refractivity contribution is 5.81. The molecule has 1 saturated heterocycles. The lowest BCUT2D eigenvalue weighted by Crippen LogP contribution is -2.43. The first-order valence-electron chi connectivity index (χ1n) is 5.54. The number of rotatable bonds is 3. The first kappa shape index (κ1) is 13.0. The Balaban J connectivity index is 2.37. The molecule has 2 N–H and O–H groups in total. The summed E-state index contributed by atoms with van der Waals surface area (Å²) in [5, 5.41) is 11.6. The van der Waals surface area contributed by atoms with Gasteiger partial charge < -0.3 is 10.4 Å². The van der Waals surface area contributed by atoms with Crippen molar-refractivity contribution in [2.24, 2.45) is 5.41 Å². The monoisotopic (exact) mass is 228 g/mol. The lowest BCUT2D eigenvalue weighted by atomic mass is 9.95. The van der Waals surface area contributed by atoms with Gasteiger partial charge >= 0.3 is 5.97 Å². The Kier molecular flexibility index (Phi) is 3.91. The molecule has 1 rings (SSSR count). The van der Waals surface area contributed by atoms with Gasteiger partial charge in [-0.15, -0.1) is 0 Å². The van der Waals surface area contributed by atoms with Gasteiger partial charge in [-0.2, -0.15) is 0 Å². The molecule has 1 aliphatic rings. The van der Waals surface area contributed by atoms with Crippen molar-refractivity contribution >= 4 is 11.9 Å². The highest BCUT2D eigenvalue weighted by atomic mass is 16.4. The van der Waals surface area contributed by atoms with Crippen LogP contribution in [0.15, 0.2) is 0 Å². The van der Waals surface area contributed by atoms with Gasteiger partial charge in [0.05, 0.1) is 6.54 Å². The summed E-state index contributed by atoms with van der Waals surface area (Å²) in [6.07, 6.45) is 0.828. The van der Waals surface area contributed by atoms with Crippen LogP contribution in [0.4, 0.5) is 0 Å². The number of nitrogens with zero attached hydrogens (tertiary/aromatic N) is 1. The van der Waals surface area contributed by atoms with Gasteiger partial charge in [0, 0.05) is 24.5 Å². The third-order valence-electron chi connectivity index (χ3n) is 2.65. The predicted octanol–water partition coefficient (Wildman–Crippen LogP) is 0.308. The van der Waals surface area contributed by atoms with Crippen LogP contribution in [-0.4, -0.2) is 47.6 Å². The summed E-state index contributed by atoms with van der Waals surface area (Å²) in [7, 11) is 0. The standard InChI is InChI=1S/C11H20N2O3/c1-11(2,3)10(16)12-8-4-5-13(6-8)7-9(14)15/h8H,4-7H2,1-3H3,(H,12,16)(H,14,15). The van der Waals surface area contributed by atoms with Crippen LogP contribution in [0.3, 0.4) is 0 Å². The van der Waals surface area contributed by atoms with Crippen molar-refractivity contribution in [2.75, 3.05) is 19.6 Å². The minimum atomic E-state index is -0.817. The van der Waals surface area contributed by atoms with E-state index in [1.807, 2.05) is 25.7 Å². The summed E-state index contributed by atoms with van der Waals surface area (Å²) in [6.45, 7) is 7.03. The molecule has 0 aromatic carbocycles. The fraction of sp³-hybridized carbons (Fsp3) is 0.818. The molecule has 0 aliphatic carbocycles. The van der Waals surface area contributed by atoms with Crippen LogP contribution in [0.25, 0.3) is 0 Å². The topological polar surface area (TPSA) is 69.6 Å². The number of carboxylic acid groups (broad SMARTS) is 1. The van der Waals surface area contributed by atoms with E-state index >= 15 is 0 Å². The fourth-order valence-corrected chi connectivity index (χ4v) is 1.69. The highest BCUT2D eigenvalue weighted by Crippen LogP contribution is 2.15. The molecule has 1 heterocycles. The van der Waals surface area contributed by atoms with E-state index in [2.05, 4.69) is 5.32 Å². The average molecular weight is 228 g/mol. The van der Waals surface area contributed by atoms with Gasteiger partial charge in [-0.05, 0) is 6.42 Å². The second kappa shape index (κ2) is 4.82. The molecule has 1 fully saturated rings. The quantitative estimate of drug-likeness (QED) is 0.729. The molecular formula is C11H20N2O3. The van der Waals surface area contributed by atoms with Crippen molar-refractivity contribution in [1.82, 2.24) is 10.2 Å². The molecule has 0 aromatic rings. The molecule has 16 heavy (non-hydrogen) atoms. The summed E-state index contributed by atoms with van der Waals surface area (Å²) in [5.74, 6) is -0.794. The number of amides is 1. The number of nitrogens with one attached hydrogen (secondary N) is 1. The summed E-state index contributed by atoms with van der Waals surface area (Å²) < 4.78 is 0. The summed E-state index contributed by atoms with van der Waals surface area (Å²) >= 11 is 0. The third kappa shape index (κ3) is 3.81. The normalized spacial score (nSPS) is 22.1. The van der Waals surface area contributed by atoms with Crippen LogP contribution in [0.5, 0.6) is 0 Å². The van der Waals surface area contributed by atoms with E-state index < -0.39 is 5.97 Å². The van der Waals surface area contributed by atoms with Gasteiger partial charge in [-0.3, -0.25) is 14.5 Å². The number of aliphatic carboxylic acids is 1. The Morgan fingerprint density at radius 2 is 2.06 bits per heavy atom. The Hall–Kier alpha value is -1.10. The number of carbonyl (C=O) groups is 2. The van der Waals surface area contributed by atoms with Crippen LogP contribution in [0, 0.1) is 5.41 Å². The van der Waals surface area contributed by atoms with Gasteiger partial charge in [-0.25, -0.2) is 0 Å². The van der Waals surface area contributed by atoms with Crippen LogP contribution >= 0.6 is 0 Å². The number of likely N-dealkylation sites (tertiary alicyclic amines) is 1. The number of hydrogen-bond donors (Lipinski definition) is 2. The predicted molar refractivity (Wildman–Crippen MR) is 60.1 cm³/mol. The zero-order valence-electron chi connectivity index (χ0n) is 10.1. The first-order chi connectivity index (χ1) is 7.29. The summed E-state index contributed by atoms with van der Waals surface area (Å²) in [6, 6.07) is 0.0890. The first-order valence-corrected chi connectivity index (χ1v) is 5.54. The van der Waals surface area contributed by atoms with E-state index in [0.29, 0.717) is 6.54 Å². The molecular weight excluding hydrogens is 208 g/mol. The number of hydrogen-bond acceptors (Lipinski definition) is 3. The largest absolute Gasteiger partial charge is 0.480 e. The summed E-state index contributed by atoms with van der Waals surface area (Å²) in [5.41, 5.74) is -0.389. The van der Waals surface area contributed by atoms with Crippen molar-refractivity contribution in [3.05, 3.63) is 0 Å². The minimum absolute atomic E-state index is 0.0228. The smallest absolute Gasteiger partial charge is 0.317 e. The van der Waals surface area contributed by atoms with Crippen LogP contribution in [0.1, 0.15) is 27.2 Å². The Morgan fingerprint density at radius 1 is 1.44 bits per heavy atom. The third-order valence-corrected chi connectivity index (χ3v) is 2.65. The van der Waals surface area contributed by atoms with Gasteiger partial charge in [-0.1, -0.05) is 20.8 Å². The molecule has 5 heteroatoms. The van der Waals surface area contributed by atoms with Crippen molar-refractivity contribution in [3.8, 4) is 0 Å².